The molecule has 0 atom stereocenters. The molecule has 0 radical (unpaired) electrons. The smallest absolute Gasteiger partial charge is 0.248 e. The average molecular weight is 285 g/mol. The lowest BCUT2D eigenvalue weighted by atomic mass is 10.1. The monoisotopic (exact) mass is 285 g/mol. The molecule has 0 saturated heterocycles. The lowest BCUT2D eigenvalue weighted by Gasteiger charge is -2.20. The van der Waals surface area contributed by atoms with E-state index in [1.54, 1.807) is 19.2 Å². The normalized spacial score (nSPS) is 10.2. The van der Waals surface area contributed by atoms with Gasteiger partial charge in [0.2, 0.25) is 5.91 Å². The molecule has 1 amide bonds. The van der Waals surface area contributed by atoms with Crippen LogP contribution in [-0.2, 0) is 6.54 Å². The molecule has 0 aliphatic rings. The molecule has 110 valence electrons. The third kappa shape index (κ3) is 3.45. The molecule has 0 unspecified atom stereocenters. The minimum atomic E-state index is -0.475. The standard InChI is InChI=1S/C16H19N3O2/c1-19(13-5-7-14(21-2)8-6-13)10-12-4-3-11(16(18)20)9-15(12)17/h3-9H,10,17H2,1-2H3,(H2,18,20). The predicted molar refractivity (Wildman–Crippen MR) is 84.5 cm³/mol. The van der Waals surface area contributed by atoms with Gasteiger partial charge in [-0.2, -0.15) is 0 Å². The first-order valence-electron chi connectivity index (χ1n) is 6.54. The Balaban J connectivity index is 2.14. The number of hydrogen-bond donors (Lipinski definition) is 2. The Labute approximate surface area is 124 Å². The molecule has 5 nitrogen and oxygen atoms in total. The quantitative estimate of drug-likeness (QED) is 0.823. The Morgan fingerprint density at radius 2 is 1.86 bits per heavy atom. The van der Waals surface area contributed by atoms with Crippen LogP contribution in [0.4, 0.5) is 11.4 Å². The van der Waals surface area contributed by atoms with E-state index >= 15 is 0 Å². The van der Waals surface area contributed by atoms with Gasteiger partial charge < -0.3 is 21.1 Å². The zero-order valence-corrected chi connectivity index (χ0v) is 12.2. The summed E-state index contributed by atoms with van der Waals surface area (Å²) in [5.74, 6) is 0.342. The predicted octanol–water partition coefficient (Wildman–Crippen LogP) is 2.01. The molecule has 0 aromatic heterocycles. The zero-order chi connectivity index (χ0) is 15.4. The minimum absolute atomic E-state index is 0.420. The summed E-state index contributed by atoms with van der Waals surface area (Å²) in [6, 6.07) is 12.9. The lowest BCUT2D eigenvalue weighted by Crippen LogP contribution is -2.18. The van der Waals surface area contributed by atoms with E-state index in [-0.39, 0.29) is 0 Å². The number of ether oxygens (including phenoxy) is 1. The molecule has 0 fully saturated rings. The average Bonchev–Trinajstić information content (AvgIpc) is 2.49. The molecule has 0 aliphatic heterocycles. The number of nitrogen functional groups attached to an aromatic ring is 1. The van der Waals surface area contributed by atoms with Crippen LogP contribution in [0.5, 0.6) is 5.75 Å². The van der Waals surface area contributed by atoms with Crippen molar-refractivity contribution in [3.8, 4) is 5.75 Å². The first kappa shape index (κ1) is 14.7. The third-order valence-corrected chi connectivity index (χ3v) is 3.35. The van der Waals surface area contributed by atoms with Crippen LogP contribution < -0.4 is 21.1 Å². The molecule has 2 aromatic carbocycles. The SMILES string of the molecule is COc1ccc(N(C)Cc2ccc(C(N)=O)cc2N)cc1. The molecule has 0 saturated carbocycles. The summed E-state index contributed by atoms with van der Waals surface area (Å²) < 4.78 is 5.14. The van der Waals surface area contributed by atoms with Crippen molar-refractivity contribution in [2.45, 2.75) is 6.54 Å². The topological polar surface area (TPSA) is 81.6 Å². The lowest BCUT2D eigenvalue weighted by molar-refractivity contribution is 0.100. The van der Waals surface area contributed by atoms with Crippen molar-refractivity contribution in [3.63, 3.8) is 0 Å². The minimum Gasteiger partial charge on any atom is -0.497 e. The Kier molecular flexibility index (Phi) is 4.33. The van der Waals surface area contributed by atoms with Crippen molar-refractivity contribution in [3.05, 3.63) is 53.6 Å². The summed E-state index contributed by atoms with van der Waals surface area (Å²) in [5.41, 5.74) is 14.2. The number of benzene rings is 2. The number of methoxy groups -OCH3 is 1. The molecule has 2 rings (SSSR count). The summed E-state index contributed by atoms with van der Waals surface area (Å²) in [4.78, 5) is 13.2. The highest BCUT2D eigenvalue weighted by molar-refractivity contribution is 5.93. The van der Waals surface area contributed by atoms with E-state index < -0.39 is 5.91 Å². The van der Waals surface area contributed by atoms with Crippen molar-refractivity contribution < 1.29 is 9.53 Å². The molecular weight excluding hydrogens is 266 g/mol. The number of carbonyl (C=O) groups excluding carboxylic acids is 1. The molecule has 21 heavy (non-hydrogen) atoms. The highest BCUT2D eigenvalue weighted by atomic mass is 16.5. The summed E-state index contributed by atoms with van der Waals surface area (Å²) >= 11 is 0. The van der Waals surface area contributed by atoms with Gasteiger partial charge >= 0.3 is 0 Å². The molecule has 2 aromatic rings. The highest BCUT2D eigenvalue weighted by Crippen LogP contribution is 2.22. The first-order valence-corrected chi connectivity index (χ1v) is 6.54. The van der Waals surface area contributed by atoms with Crippen molar-refractivity contribution in [1.29, 1.82) is 0 Å². The van der Waals surface area contributed by atoms with Gasteiger partial charge in [0, 0.05) is 30.5 Å². The van der Waals surface area contributed by atoms with Gasteiger partial charge in [-0.05, 0) is 42.0 Å². The molecule has 0 aliphatic carbocycles. The van der Waals surface area contributed by atoms with Gasteiger partial charge in [0.05, 0.1) is 7.11 Å². The highest BCUT2D eigenvalue weighted by Gasteiger charge is 2.08. The van der Waals surface area contributed by atoms with Gasteiger partial charge in [-0.15, -0.1) is 0 Å². The number of nitrogens with zero attached hydrogens (tertiary/aromatic N) is 1. The second-order valence-corrected chi connectivity index (χ2v) is 4.83. The molecule has 0 bridgehead atoms. The van der Waals surface area contributed by atoms with Gasteiger partial charge in [0.1, 0.15) is 5.75 Å². The summed E-state index contributed by atoms with van der Waals surface area (Å²) in [7, 11) is 3.61. The summed E-state index contributed by atoms with van der Waals surface area (Å²) in [6.07, 6.45) is 0. The van der Waals surface area contributed by atoms with E-state index in [0.29, 0.717) is 17.8 Å². The number of anilines is 2. The van der Waals surface area contributed by atoms with Crippen LogP contribution in [0.2, 0.25) is 0 Å². The van der Waals surface area contributed by atoms with Gasteiger partial charge in [0.25, 0.3) is 0 Å². The molecule has 0 spiro atoms. The maximum atomic E-state index is 11.1. The largest absolute Gasteiger partial charge is 0.497 e. The molecule has 0 heterocycles. The second-order valence-electron chi connectivity index (χ2n) is 4.83. The molecule has 4 N–H and O–H groups in total. The van der Waals surface area contributed by atoms with Crippen LogP contribution in [0, 0.1) is 0 Å². The summed E-state index contributed by atoms with van der Waals surface area (Å²) in [6.45, 7) is 0.636. The van der Waals surface area contributed by atoms with Crippen LogP contribution in [0.3, 0.4) is 0 Å². The second kappa shape index (κ2) is 6.17. The van der Waals surface area contributed by atoms with E-state index in [1.165, 1.54) is 0 Å². The van der Waals surface area contributed by atoms with Gasteiger partial charge in [0.15, 0.2) is 0 Å². The van der Waals surface area contributed by atoms with Gasteiger partial charge in [-0.3, -0.25) is 4.79 Å². The van der Waals surface area contributed by atoms with E-state index in [4.69, 9.17) is 16.2 Å². The fraction of sp³-hybridized carbons (Fsp3) is 0.188. The number of rotatable bonds is 5. The van der Waals surface area contributed by atoms with Crippen molar-refractivity contribution >= 4 is 17.3 Å². The third-order valence-electron chi connectivity index (χ3n) is 3.35. The maximum Gasteiger partial charge on any atom is 0.248 e. The van der Waals surface area contributed by atoms with Gasteiger partial charge in [-0.25, -0.2) is 0 Å². The molecule has 5 heteroatoms. The van der Waals surface area contributed by atoms with Gasteiger partial charge in [-0.1, -0.05) is 6.07 Å². The van der Waals surface area contributed by atoms with E-state index in [1.807, 2.05) is 37.4 Å². The van der Waals surface area contributed by atoms with E-state index in [9.17, 15) is 4.79 Å². The Bertz CT molecular complexity index is 638. The first-order chi connectivity index (χ1) is 10.0. The van der Waals surface area contributed by atoms with Crippen LogP contribution in [0.15, 0.2) is 42.5 Å². The number of primary amides is 1. The number of nitrogens with two attached hydrogens (primary N) is 2. The Morgan fingerprint density at radius 1 is 1.19 bits per heavy atom. The molecular formula is C16H19N3O2. The van der Waals surface area contributed by atoms with Crippen molar-refractivity contribution in [2.24, 2.45) is 5.73 Å². The Hall–Kier alpha value is -2.69. The summed E-state index contributed by atoms with van der Waals surface area (Å²) in [5, 5.41) is 0. The van der Waals surface area contributed by atoms with Crippen LogP contribution in [0.1, 0.15) is 15.9 Å². The number of hydrogen-bond acceptors (Lipinski definition) is 4. The maximum absolute atomic E-state index is 11.1. The zero-order valence-electron chi connectivity index (χ0n) is 12.2. The van der Waals surface area contributed by atoms with E-state index in [2.05, 4.69) is 4.90 Å². The number of amides is 1. The fourth-order valence-corrected chi connectivity index (χ4v) is 2.08. The van der Waals surface area contributed by atoms with Crippen LogP contribution in [0.25, 0.3) is 0 Å². The van der Waals surface area contributed by atoms with Crippen LogP contribution in [-0.4, -0.2) is 20.1 Å². The van der Waals surface area contributed by atoms with Crippen molar-refractivity contribution in [1.82, 2.24) is 0 Å². The fourth-order valence-electron chi connectivity index (χ4n) is 2.08. The van der Waals surface area contributed by atoms with E-state index in [0.717, 1.165) is 17.0 Å². The Morgan fingerprint density at radius 3 is 2.38 bits per heavy atom. The van der Waals surface area contributed by atoms with Crippen molar-refractivity contribution in [2.75, 3.05) is 24.8 Å². The van der Waals surface area contributed by atoms with Crippen LogP contribution >= 0.6 is 0 Å². The number of carbonyl (C=O) groups is 1.